The number of hydrogen-bond donors (Lipinski definition) is 0. The van der Waals surface area contributed by atoms with Gasteiger partial charge in [0.25, 0.3) is 5.69 Å². The number of benzene rings is 2. The van der Waals surface area contributed by atoms with Crippen molar-refractivity contribution in [3.63, 3.8) is 0 Å². The highest BCUT2D eigenvalue weighted by atomic mass is 16.6. The highest BCUT2D eigenvalue weighted by molar-refractivity contribution is 5.51. The molecule has 0 saturated carbocycles. The summed E-state index contributed by atoms with van der Waals surface area (Å²) in [5, 5.41) is 23.0. The number of anilines is 1. The van der Waals surface area contributed by atoms with Crippen LogP contribution >= 0.6 is 0 Å². The van der Waals surface area contributed by atoms with Crippen LogP contribution in [0.25, 0.3) is 0 Å². The minimum Gasteiger partial charge on any atom is -0.369 e. The molecule has 0 amide bonds. The van der Waals surface area contributed by atoms with Crippen LogP contribution in [-0.4, -0.2) is 56.2 Å². The second-order valence-electron chi connectivity index (χ2n) is 7.09. The molecule has 0 aliphatic carbocycles. The number of nitro groups is 1. The maximum atomic E-state index is 10.8. The number of tetrazole rings is 1. The molecule has 0 N–H and O–H groups in total. The number of hydrogen-bond acceptors (Lipinski definition) is 7. The summed E-state index contributed by atoms with van der Waals surface area (Å²) in [5.74, 6) is 0.879. The topological polar surface area (TPSA) is 93.2 Å². The van der Waals surface area contributed by atoms with Gasteiger partial charge in [0.1, 0.15) is 0 Å². The summed E-state index contributed by atoms with van der Waals surface area (Å²) in [5.41, 5.74) is 2.41. The van der Waals surface area contributed by atoms with Gasteiger partial charge < -0.3 is 4.90 Å². The highest BCUT2D eigenvalue weighted by Crippen LogP contribution is 2.21. The van der Waals surface area contributed by atoms with E-state index in [1.807, 2.05) is 35.0 Å². The fourth-order valence-corrected chi connectivity index (χ4v) is 3.54. The first kappa shape index (κ1) is 19.0. The van der Waals surface area contributed by atoms with Gasteiger partial charge in [0.05, 0.1) is 11.5 Å². The molecule has 150 valence electrons. The van der Waals surface area contributed by atoms with Gasteiger partial charge in [0.15, 0.2) is 5.82 Å². The first-order valence-corrected chi connectivity index (χ1v) is 9.70. The molecule has 0 radical (unpaired) electrons. The van der Waals surface area contributed by atoms with Crippen LogP contribution in [-0.2, 0) is 19.5 Å². The number of aryl methyl sites for hydroxylation is 2. The average molecular weight is 393 g/mol. The third-order valence-electron chi connectivity index (χ3n) is 5.22. The van der Waals surface area contributed by atoms with Crippen LogP contribution in [0, 0.1) is 10.1 Å². The Labute approximate surface area is 168 Å². The highest BCUT2D eigenvalue weighted by Gasteiger charge is 2.20. The SMILES string of the molecule is O=[N+]([O-])c1ccc(N2CCN(Cc3nnnn3CCc3ccccc3)CC2)cc1. The summed E-state index contributed by atoms with van der Waals surface area (Å²) in [6, 6.07) is 17.1. The van der Waals surface area contributed by atoms with Crippen molar-refractivity contribution >= 4 is 11.4 Å². The van der Waals surface area contributed by atoms with Crippen LogP contribution in [0.1, 0.15) is 11.4 Å². The number of rotatable bonds is 7. The van der Waals surface area contributed by atoms with Gasteiger partial charge in [0.2, 0.25) is 0 Å². The summed E-state index contributed by atoms with van der Waals surface area (Å²) in [6.45, 7) is 4.99. The lowest BCUT2D eigenvalue weighted by Crippen LogP contribution is -2.46. The van der Waals surface area contributed by atoms with Crippen LogP contribution in [0.2, 0.25) is 0 Å². The van der Waals surface area contributed by atoms with Crippen molar-refractivity contribution in [1.29, 1.82) is 0 Å². The quantitative estimate of drug-likeness (QED) is 0.448. The number of piperazine rings is 1. The van der Waals surface area contributed by atoms with Crippen molar-refractivity contribution in [2.45, 2.75) is 19.5 Å². The van der Waals surface area contributed by atoms with Crippen molar-refractivity contribution in [2.75, 3.05) is 31.1 Å². The van der Waals surface area contributed by atoms with Crippen molar-refractivity contribution in [3.8, 4) is 0 Å². The van der Waals surface area contributed by atoms with E-state index in [9.17, 15) is 10.1 Å². The molecule has 1 aliphatic rings. The van der Waals surface area contributed by atoms with Gasteiger partial charge in [0, 0.05) is 50.5 Å². The molecule has 2 aromatic carbocycles. The number of non-ortho nitro benzene ring substituents is 1. The van der Waals surface area contributed by atoms with Crippen molar-refractivity contribution in [2.24, 2.45) is 0 Å². The molecule has 1 fully saturated rings. The minimum absolute atomic E-state index is 0.120. The molecule has 0 spiro atoms. The van der Waals surface area contributed by atoms with Gasteiger partial charge in [-0.15, -0.1) is 5.10 Å². The van der Waals surface area contributed by atoms with E-state index in [4.69, 9.17) is 0 Å². The first-order chi connectivity index (χ1) is 14.2. The van der Waals surface area contributed by atoms with Crippen molar-refractivity contribution < 1.29 is 4.92 Å². The summed E-state index contributed by atoms with van der Waals surface area (Å²) in [6.07, 6.45) is 0.896. The van der Waals surface area contributed by atoms with E-state index in [2.05, 4.69) is 37.5 Å². The number of nitrogens with zero attached hydrogens (tertiary/aromatic N) is 7. The molecular formula is C20H23N7O2. The van der Waals surface area contributed by atoms with E-state index >= 15 is 0 Å². The lowest BCUT2D eigenvalue weighted by molar-refractivity contribution is -0.384. The minimum atomic E-state index is -0.371. The molecule has 3 aromatic rings. The van der Waals surface area contributed by atoms with Gasteiger partial charge in [-0.3, -0.25) is 15.0 Å². The van der Waals surface area contributed by atoms with E-state index in [0.717, 1.165) is 57.2 Å². The van der Waals surface area contributed by atoms with E-state index in [1.54, 1.807) is 12.1 Å². The molecule has 29 heavy (non-hydrogen) atoms. The molecule has 4 rings (SSSR count). The van der Waals surface area contributed by atoms with Crippen LogP contribution in [0.15, 0.2) is 54.6 Å². The third-order valence-corrected chi connectivity index (χ3v) is 5.22. The van der Waals surface area contributed by atoms with Gasteiger partial charge in [-0.1, -0.05) is 30.3 Å². The molecule has 1 aliphatic heterocycles. The first-order valence-electron chi connectivity index (χ1n) is 9.70. The molecule has 9 nitrogen and oxygen atoms in total. The molecule has 1 aromatic heterocycles. The van der Waals surface area contributed by atoms with E-state index < -0.39 is 0 Å². The lowest BCUT2D eigenvalue weighted by atomic mass is 10.1. The van der Waals surface area contributed by atoms with E-state index in [0.29, 0.717) is 0 Å². The Morgan fingerprint density at radius 3 is 2.38 bits per heavy atom. The Bertz CT molecular complexity index is 935. The van der Waals surface area contributed by atoms with Crippen LogP contribution in [0.5, 0.6) is 0 Å². The second kappa shape index (κ2) is 8.78. The van der Waals surface area contributed by atoms with Crippen molar-refractivity contribution in [1.82, 2.24) is 25.1 Å². The predicted molar refractivity (Wildman–Crippen MR) is 109 cm³/mol. The van der Waals surface area contributed by atoms with Gasteiger partial charge in [-0.2, -0.15) is 0 Å². The van der Waals surface area contributed by atoms with Crippen LogP contribution < -0.4 is 4.90 Å². The summed E-state index contributed by atoms with van der Waals surface area (Å²) >= 11 is 0. The maximum absolute atomic E-state index is 10.8. The zero-order valence-electron chi connectivity index (χ0n) is 16.1. The third kappa shape index (κ3) is 4.75. The Morgan fingerprint density at radius 2 is 1.69 bits per heavy atom. The standard InChI is InChI=1S/C20H23N7O2/c28-27(29)19-8-6-18(7-9-19)25-14-12-24(13-15-25)16-20-21-22-23-26(20)11-10-17-4-2-1-3-5-17/h1-9H,10-16H2. The predicted octanol–water partition coefficient (Wildman–Crippen LogP) is 2.15. The summed E-state index contributed by atoms with van der Waals surface area (Å²) in [7, 11) is 0. The maximum Gasteiger partial charge on any atom is 0.269 e. The van der Waals surface area contributed by atoms with Gasteiger partial charge >= 0.3 is 0 Å². The molecule has 0 unspecified atom stereocenters. The Morgan fingerprint density at radius 1 is 0.966 bits per heavy atom. The fourth-order valence-electron chi connectivity index (χ4n) is 3.54. The molecule has 0 bridgehead atoms. The monoisotopic (exact) mass is 393 g/mol. The lowest BCUT2D eigenvalue weighted by Gasteiger charge is -2.35. The van der Waals surface area contributed by atoms with Crippen LogP contribution in [0.3, 0.4) is 0 Å². The second-order valence-corrected chi connectivity index (χ2v) is 7.09. The van der Waals surface area contributed by atoms with Crippen molar-refractivity contribution in [3.05, 3.63) is 76.1 Å². The molecule has 1 saturated heterocycles. The summed E-state index contributed by atoms with van der Waals surface area (Å²) in [4.78, 5) is 15.0. The van der Waals surface area contributed by atoms with Gasteiger partial charge in [-0.25, -0.2) is 4.68 Å². The number of nitro benzene ring substituents is 1. The van der Waals surface area contributed by atoms with E-state index in [1.165, 1.54) is 5.56 Å². The van der Waals surface area contributed by atoms with Gasteiger partial charge in [-0.05, 0) is 34.5 Å². The molecular weight excluding hydrogens is 370 g/mol. The zero-order valence-corrected chi connectivity index (χ0v) is 16.1. The molecule has 2 heterocycles. The van der Waals surface area contributed by atoms with Crippen LogP contribution in [0.4, 0.5) is 11.4 Å². The smallest absolute Gasteiger partial charge is 0.269 e. The Balaban J connectivity index is 1.30. The van der Waals surface area contributed by atoms with E-state index in [-0.39, 0.29) is 10.6 Å². The number of aromatic nitrogens is 4. The summed E-state index contributed by atoms with van der Waals surface area (Å²) < 4.78 is 1.88. The molecule has 0 atom stereocenters. The Kier molecular flexibility index (Phi) is 5.76. The fraction of sp³-hybridized carbons (Fsp3) is 0.350. The normalized spacial score (nSPS) is 14.8. The zero-order chi connectivity index (χ0) is 20.1. The average Bonchev–Trinajstić information content (AvgIpc) is 3.20. The molecule has 9 heteroatoms. The Hall–Kier alpha value is -3.33. The largest absolute Gasteiger partial charge is 0.369 e.